The van der Waals surface area contributed by atoms with Crippen LogP contribution in [0.4, 0.5) is 0 Å². The van der Waals surface area contributed by atoms with E-state index >= 15 is 0 Å². The molecular formula is C22H22N4O3. The third-order valence-corrected chi connectivity index (χ3v) is 5.58. The molecule has 1 saturated heterocycles. The fraction of sp³-hybridized carbons (Fsp3) is 0.364. The largest absolute Gasteiger partial charge is 0.478 e. The molecule has 0 aromatic heterocycles. The van der Waals surface area contributed by atoms with Crippen molar-refractivity contribution in [3.8, 4) is 12.1 Å². The Labute approximate surface area is 169 Å². The van der Waals surface area contributed by atoms with E-state index in [0.29, 0.717) is 35.5 Å². The van der Waals surface area contributed by atoms with E-state index < -0.39 is 11.9 Å². The molecule has 2 N–H and O–H groups in total. The van der Waals surface area contributed by atoms with Crippen LogP contribution in [0.15, 0.2) is 46.8 Å². The van der Waals surface area contributed by atoms with Gasteiger partial charge in [-0.1, -0.05) is 12.1 Å². The van der Waals surface area contributed by atoms with Crippen LogP contribution < -0.4 is 5.32 Å². The summed E-state index contributed by atoms with van der Waals surface area (Å²) in [5.41, 5.74) is 2.87. The molecule has 148 valence electrons. The molecular weight excluding hydrogens is 368 g/mol. The molecule has 2 aliphatic heterocycles. The molecule has 7 heteroatoms. The summed E-state index contributed by atoms with van der Waals surface area (Å²) in [6.45, 7) is 4.53. The number of amides is 1. The van der Waals surface area contributed by atoms with Gasteiger partial charge in [-0.3, -0.25) is 4.79 Å². The Morgan fingerprint density at radius 2 is 1.97 bits per heavy atom. The molecule has 0 saturated carbocycles. The van der Waals surface area contributed by atoms with Crippen LogP contribution in [0.3, 0.4) is 0 Å². The zero-order chi connectivity index (χ0) is 21.1. The summed E-state index contributed by atoms with van der Waals surface area (Å²) in [4.78, 5) is 25.0. The zero-order valence-electron chi connectivity index (χ0n) is 16.4. The molecule has 1 fully saturated rings. The molecule has 1 aromatic carbocycles. The first-order valence-electron chi connectivity index (χ1n) is 9.48. The Kier molecular flexibility index (Phi) is 5.70. The topological polar surface area (TPSA) is 117 Å². The number of carboxylic acids is 1. The highest BCUT2D eigenvalue weighted by atomic mass is 16.4. The number of carbonyl (C=O) groups excluding carboxylic acids is 1. The fourth-order valence-corrected chi connectivity index (χ4v) is 4.13. The van der Waals surface area contributed by atoms with Gasteiger partial charge >= 0.3 is 5.97 Å². The van der Waals surface area contributed by atoms with Gasteiger partial charge in [0.25, 0.3) is 0 Å². The van der Waals surface area contributed by atoms with Gasteiger partial charge < -0.3 is 15.3 Å². The standard InChI is InChI=1S/C22H22N4O3/c1-13-18(10-23)20(15-5-3-6-16(9-15)22(28)29)19(11-24)21(25-13)17-7-4-8-26(12-17)14(2)27/h3,5-6,9,17,20,25H,4,7-8,12H2,1-2H3,(H,28,29). The SMILES string of the molecule is CC(=O)N1CCCC(C2=C(C#N)C(c3cccc(C(=O)O)c3)C(C#N)=C(C)N2)C1. The third kappa shape index (κ3) is 3.86. The van der Waals surface area contributed by atoms with E-state index in [0.717, 1.165) is 18.5 Å². The lowest BCUT2D eigenvalue weighted by Crippen LogP contribution is -2.42. The maximum absolute atomic E-state index is 11.8. The monoisotopic (exact) mass is 390 g/mol. The fourth-order valence-electron chi connectivity index (χ4n) is 4.13. The average molecular weight is 390 g/mol. The zero-order valence-corrected chi connectivity index (χ0v) is 16.4. The third-order valence-electron chi connectivity index (χ3n) is 5.58. The Morgan fingerprint density at radius 3 is 2.59 bits per heavy atom. The summed E-state index contributed by atoms with van der Waals surface area (Å²) in [5.74, 6) is -1.73. The van der Waals surface area contributed by atoms with Crippen LogP contribution in [-0.4, -0.2) is 35.0 Å². The van der Waals surface area contributed by atoms with Crippen molar-refractivity contribution in [3.63, 3.8) is 0 Å². The number of benzene rings is 1. The van der Waals surface area contributed by atoms with Crippen molar-refractivity contribution in [2.45, 2.75) is 32.6 Å². The number of allylic oxidation sites excluding steroid dienone is 3. The lowest BCUT2D eigenvalue weighted by atomic mass is 9.78. The second-order valence-corrected chi connectivity index (χ2v) is 7.38. The summed E-state index contributed by atoms with van der Waals surface area (Å²) < 4.78 is 0. The minimum absolute atomic E-state index is 0.000282. The Bertz CT molecular complexity index is 1010. The van der Waals surface area contributed by atoms with E-state index in [4.69, 9.17) is 0 Å². The van der Waals surface area contributed by atoms with Crippen LogP contribution in [0.1, 0.15) is 48.5 Å². The number of dihydropyridines is 1. The minimum Gasteiger partial charge on any atom is -0.478 e. The molecule has 1 aromatic rings. The van der Waals surface area contributed by atoms with Crippen LogP contribution in [0, 0.1) is 28.6 Å². The summed E-state index contributed by atoms with van der Waals surface area (Å²) in [7, 11) is 0. The van der Waals surface area contributed by atoms with Gasteiger partial charge in [-0.15, -0.1) is 0 Å². The quantitative estimate of drug-likeness (QED) is 0.819. The van der Waals surface area contributed by atoms with E-state index in [1.165, 1.54) is 19.1 Å². The number of rotatable bonds is 3. The molecule has 3 rings (SSSR count). The van der Waals surface area contributed by atoms with E-state index in [-0.39, 0.29) is 17.4 Å². The van der Waals surface area contributed by atoms with Gasteiger partial charge in [0.15, 0.2) is 0 Å². The summed E-state index contributed by atoms with van der Waals surface area (Å²) in [5, 5.41) is 32.3. The Balaban J connectivity index is 2.11. The Hall–Kier alpha value is -3.58. The number of nitrogens with one attached hydrogen (secondary N) is 1. The number of hydrogen-bond acceptors (Lipinski definition) is 5. The Morgan fingerprint density at radius 1 is 1.24 bits per heavy atom. The van der Waals surface area contributed by atoms with Gasteiger partial charge in [0.2, 0.25) is 5.91 Å². The van der Waals surface area contributed by atoms with Crippen LogP contribution >= 0.6 is 0 Å². The van der Waals surface area contributed by atoms with Crippen molar-refractivity contribution < 1.29 is 14.7 Å². The number of nitrogens with zero attached hydrogens (tertiary/aromatic N) is 3. The van der Waals surface area contributed by atoms with Crippen LogP contribution in [0.25, 0.3) is 0 Å². The number of likely N-dealkylation sites (tertiary alicyclic amines) is 1. The van der Waals surface area contributed by atoms with E-state index in [1.807, 2.05) is 0 Å². The highest BCUT2D eigenvalue weighted by Gasteiger charge is 2.35. The van der Waals surface area contributed by atoms with Gasteiger partial charge in [-0.05, 0) is 37.5 Å². The molecule has 0 aliphatic carbocycles. The van der Waals surface area contributed by atoms with Crippen LogP contribution in [0.2, 0.25) is 0 Å². The molecule has 2 unspecified atom stereocenters. The van der Waals surface area contributed by atoms with Gasteiger partial charge in [-0.2, -0.15) is 10.5 Å². The lowest BCUT2D eigenvalue weighted by molar-refractivity contribution is -0.130. The minimum atomic E-state index is -1.06. The predicted molar refractivity (Wildman–Crippen MR) is 105 cm³/mol. The van der Waals surface area contributed by atoms with Gasteiger partial charge in [-0.25, -0.2) is 4.79 Å². The summed E-state index contributed by atoms with van der Waals surface area (Å²) in [6.07, 6.45) is 1.66. The highest BCUT2D eigenvalue weighted by molar-refractivity contribution is 5.88. The maximum Gasteiger partial charge on any atom is 0.335 e. The van der Waals surface area contributed by atoms with Crippen LogP contribution in [-0.2, 0) is 4.79 Å². The first kappa shape index (κ1) is 20.2. The summed E-state index contributed by atoms with van der Waals surface area (Å²) in [6, 6.07) is 10.8. The molecule has 0 spiro atoms. The molecule has 2 atom stereocenters. The smallest absolute Gasteiger partial charge is 0.335 e. The van der Waals surface area contributed by atoms with Gasteiger partial charge in [0.05, 0.1) is 34.8 Å². The second-order valence-electron chi connectivity index (χ2n) is 7.38. The van der Waals surface area contributed by atoms with Crippen molar-refractivity contribution in [3.05, 3.63) is 57.9 Å². The second kappa shape index (κ2) is 8.20. The lowest BCUT2D eigenvalue weighted by Gasteiger charge is -2.37. The first-order valence-corrected chi connectivity index (χ1v) is 9.48. The summed E-state index contributed by atoms with van der Waals surface area (Å²) >= 11 is 0. The average Bonchev–Trinajstić information content (AvgIpc) is 2.73. The molecule has 2 heterocycles. The number of carboxylic acid groups (broad SMARTS) is 1. The molecule has 2 aliphatic rings. The van der Waals surface area contributed by atoms with Crippen molar-refractivity contribution in [2.24, 2.45) is 5.92 Å². The van der Waals surface area contributed by atoms with Gasteiger partial charge in [0.1, 0.15) is 0 Å². The van der Waals surface area contributed by atoms with E-state index in [9.17, 15) is 25.2 Å². The van der Waals surface area contributed by atoms with Crippen molar-refractivity contribution in [1.29, 1.82) is 10.5 Å². The van der Waals surface area contributed by atoms with Crippen molar-refractivity contribution in [1.82, 2.24) is 10.2 Å². The number of carbonyl (C=O) groups is 2. The maximum atomic E-state index is 11.8. The van der Waals surface area contributed by atoms with E-state index in [1.54, 1.807) is 24.0 Å². The number of nitriles is 2. The number of piperidine rings is 1. The van der Waals surface area contributed by atoms with Crippen molar-refractivity contribution >= 4 is 11.9 Å². The highest BCUT2D eigenvalue weighted by Crippen LogP contribution is 2.40. The van der Waals surface area contributed by atoms with Crippen LogP contribution in [0.5, 0.6) is 0 Å². The normalized spacial score (nSPS) is 21.9. The molecule has 7 nitrogen and oxygen atoms in total. The van der Waals surface area contributed by atoms with Gasteiger partial charge in [0, 0.05) is 37.3 Å². The molecule has 0 radical (unpaired) electrons. The predicted octanol–water partition coefficient (Wildman–Crippen LogP) is 2.91. The molecule has 0 bridgehead atoms. The molecule has 29 heavy (non-hydrogen) atoms. The number of hydrogen-bond donors (Lipinski definition) is 2. The van der Waals surface area contributed by atoms with Crippen molar-refractivity contribution in [2.75, 3.05) is 13.1 Å². The van der Waals surface area contributed by atoms with E-state index in [2.05, 4.69) is 17.5 Å². The first-order chi connectivity index (χ1) is 13.9. The number of aromatic carboxylic acids is 1. The molecule has 1 amide bonds.